The Hall–Kier alpha value is -3.17. The van der Waals surface area contributed by atoms with Crippen LogP contribution in [-0.2, 0) is 24.2 Å². The summed E-state index contributed by atoms with van der Waals surface area (Å²) in [5.74, 6) is 0.680. The summed E-state index contributed by atoms with van der Waals surface area (Å²) in [6, 6.07) is 4.53. The largest absolute Gasteiger partial charge is 0.394 e. The lowest BCUT2D eigenvalue weighted by Crippen LogP contribution is -2.44. The van der Waals surface area contributed by atoms with Gasteiger partial charge in [0.25, 0.3) is 0 Å². The lowest BCUT2D eigenvalue weighted by molar-refractivity contribution is 0.0711. The van der Waals surface area contributed by atoms with Crippen molar-refractivity contribution in [3.63, 3.8) is 0 Å². The zero-order chi connectivity index (χ0) is 22.0. The van der Waals surface area contributed by atoms with Gasteiger partial charge in [0.1, 0.15) is 11.7 Å². The lowest BCUT2D eigenvalue weighted by Gasteiger charge is -2.28. The lowest BCUT2D eigenvalue weighted by atomic mass is 9.91. The van der Waals surface area contributed by atoms with Gasteiger partial charge < -0.3 is 30.9 Å². The first-order valence-corrected chi connectivity index (χ1v) is 10.3. The number of likely N-dealkylation sites (N-methyl/N-ethyl adjacent to an activating group) is 1. The molecule has 3 heterocycles. The van der Waals surface area contributed by atoms with E-state index >= 15 is 0 Å². The van der Waals surface area contributed by atoms with E-state index in [1.807, 2.05) is 27.2 Å². The average Bonchev–Trinajstić information content (AvgIpc) is 3.17. The molecule has 0 fully saturated rings. The third-order valence-corrected chi connectivity index (χ3v) is 5.51. The van der Waals surface area contributed by atoms with Gasteiger partial charge in [-0.05, 0) is 48.5 Å². The molecule has 2 bridgehead atoms. The number of halogens is 1. The molecule has 0 aliphatic carbocycles. The first-order chi connectivity index (χ1) is 15.0. The van der Waals surface area contributed by atoms with Gasteiger partial charge in [-0.1, -0.05) is 18.1 Å². The summed E-state index contributed by atoms with van der Waals surface area (Å²) in [6.45, 7) is 2.19. The van der Waals surface area contributed by atoms with E-state index in [1.54, 1.807) is 12.3 Å². The fourth-order valence-corrected chi connectivity index (χ4v) is 4.05. The molecule has 9 heteroatoms. The van der Waals surface area contributed by atoms with E-state index in [0.29, 0.717) is 24.4 Å². The van der Waals surface area contributed by atoms with E-state index in [4.69, 9.17) is 15.0 Å². The standard InChI is InChI=1S/C22H27FN6O2/c1-4-16-19-17-10-27-21(24)22(28-17)30-11-13-7-14(23)5-6-15(13)20(26-3)12(9-25-2)8-18(19)31-29-16/h5-7,9-10,20,22,25-26,28H,4,8,11H2,1-3H3,(H2,24,27)/b12-9-. The van der Waals surface area contributed by atoms with Gasteiger partial charge in [-0.3, -0.25) is 0 Å². The Morgan fingerprint density at radius 2 is 2.19 bits per heavy atom. The van der Waals surface area contributed by atoms with Crippen LogP contribution in [0.3, 0.4) is 0 Å². The van der Waals surface area contributed by atoms with Crippen LogP contribution in [0.1, 0.15) is 41.1 Å². The second kappa shape index (κ2) is 8.91. The highest BCUT2D eigenvalue weighted by atomic mass is 19.1. The van der Waals surface area contributed by atoms with Crippen molar-refractivity contribution >= 4 is 11.5 Å². The summed E-state index contributed by atoms with van der Waals surface area (Å²) >= 11 is 0. The molecule has 164 valence electrons. The normalized spacial score (nSPS) is 22.3. The number of amidine groups is 1. The SMILES string of the molecule is CCc1noc2c1C1=CN=C(N)C(N1)OCc1cc(F)ccc1C(NC)/C(=C\NC)C2. The van der Waals surface area contributed by atoms with Gasteiger partial charge in [-0.2, -0.15) is 0 Å². The third kappa shape index (κ3) is 4.06. The molecule has 2 aliphatic heterocycles. The van der Waals surface area contributed by atoms with Crippen LogP contribution in [0.25, 0.3) is 5.70 Å². The van der Waals surface area contributed by atoms with Gasteiger partial charge in [0.05, 0.1) is 35.8 Å². The Balaban J connectivity index is 1.90. The minimum absolute atomic E-state index is 0.163. The smallest absolute Gasteiger partial charge is 0.186 e. The number of nitrogens with two attached hydrogens (primary N) is 1. The van der Waals surface area contributed by atoms with Crippen molar-refractivity contribution in [2.45, 2.75) is 38.6 Å². The van der Waals surface area contributed by atoms with E-state index in [2.05, 4.69) is 26.1 Å². The van der Waals surface area contributed by atoms with Crippen LogP contribution in [-0.4, -0.2) is 31.3 Å². The molecule has 0 saturated heterocycles. The maximum absolute atomic E-state index is 14.1. The van der Waals surface area contributed by atoms with Gasteiger partial charge >= 0.3 is 0 Å². The van der Waals surface area contributed by atoms with Crippen molar-refractivity contribution in [2.75, 3.05) is 14.1 Å². The number of ether oxygens (including phenoxy) is 1. The number of aromatic nitrogens is 1. The molecule has 1 aromatic heterocycles. The fourth-order valence-electron chi connectivity index (χ4n) is 4.05. The molecule has 31 heavy (non-hydrogen) atoms. The van der Waals surface area contributed by atoms with Crippen LogP contribution in [0, 0.1) is 5.82 Å². The predicted molar refractivity (Wildman–Crippen MR) is 116 cm³/mol. The predicted octanol–water partition coefficient (Wildman–Crippen LogP) is 2.10. The number of nitrogens with one attached hydrogen (secondary N) is 3. The molecule has 0 amide bonds. The zero-order valence-electron chi connectivity index (χ0n) is 17.8. The molecule has 0 spiro atoms. The van der Waals surface area contributed by atoms with Crippen molar-refractivity contribution in [1.82, 2.24) is 21.1 Å². The minimum atomic E-state index is -0.650. The number of hydrogen-bond acceptors (Lipinski definition) is 8. The van der Waals surface area contributed by atoms with Crippen molar-refractivity contribution in [3.05, 3.63) is 70.1 Å². The van der Waals surface area contributed by atoms with Crippen LogP contribution in [0.2, 0.25) is 0 Å². The number of fused-ring (bicyclic) bond motifs is 5. The number of rotatable bonds is 3. The Morgan fingerprint density at radius 1 is 1.35 bits per heavy atom. The van der Waals surface area contributed by atoms with Crippen LogP contribution in [0.5, 0.6) is 0 Å². The minimum Gasteiger partial charge on any atom is -0.394 e. The van der Waals surface area contributed by atoms with Crippen molar-refractivity contribution in [2.24, 2.45) is 10.7 Å². The summed E-state index contributed by atoms with van der Waals surface area (Å²) in [5.41, 5.74) is 11.1. The number of hydrogen-bond donors (Lipinski definition) is 4. The molecule has 2 unspecified atom stereocenters. The highest BCUT2D eigenvalue weighted by Gasteiger charge is 2.29. The number of aliphatic imine (C=N–C) groups is 1. The fraction of sp³-hybridized carbons (Fsp3) is 0.364. The molecule has 8 nitrogen and oxygen atoms in total. The Morgan fingerprint density at radius 3 is 2.94 bits per heavy atom. The van der Waals surface area contributed by atoms with Crippen LogP contribution >= 0.6 is 0 Å². The van der Waals surface area contributed by atoms with Gasteiger partial charge in [0.15, 0.2) is 12.0 Å². The summed E-state index contributed by atoms with van der Waals surface area (Å²) < 4.78 is 25.9. The molecule has 1 aromatic carbocycles. The topological polar surface area (TPSA) is 110 Å². The highest BCUT2D eigenvalue weighted by molar-refractivity contribution is 5.89. The van der Waals surface area contributed by atoms with Crippen LogP contribution < -0.4 is 21.7 Å². The van der Waals surface area contributed by atoms with E-state index in [1.165, 1.54) is 12.1 Å². The zero-order valence-corrected chi connectivity index (χ0v) is 17.8. The monoisotopic (exact) mass is 426 g/mol. The summed E-state index contributed by atoms with van der Waals surface area (Å²) in [4.78, 5) is 4.32. The maximum Gasteiger partial charge on any atom is 0.186 e. The molecular weight excluding hydrogens is 399 g/mol. The molecule has 2 aromatic rings. The second-order valence-electron chi connectivity index (χ2n) is 7.46. The Bertz CT molecular complexity index is 1060. The Kier molecular flexibility index (Phi) is 6.06. The van der Waals surface area contributed by atoms with E-state index < -0.39 is 6.23 Å². The number of benzene rings is 1. The second-order valence-corrected chi connectivity index (χ2v) is 7.46. The van der Waals surface area contributed by atoms with Crippen LogP contribution in [0.4, 0.5) is 4.39 Å². The summed E-state index contributed by atoms with van der Waals surface area (Å²) in [7, 11) is 3.72. The number of nitrogens with zero attached hydrogens (tertiary/aromatic N) is 2. The van der Waals surface area contributed by atoms with Gasteiger partial charge in [-0.15, -0.1) is 0 Å². The molecule has 4 rings (SSSR count). The highest BCUT2D eigenvalue weighted by Crippen LogP contribution is 2.33. The molecule has 0 saturated carbocycles. The Labute approximate surface area is 180 Å². The summed E-state index contributed by atoms with van der Waals surface area (Å²) in [6.07, 6.45) is 4.14. The third-order valence-electron chi connectivity index (χ3n) is 5.51. The molecule has 2 aliphatic rings. The van der Waals surface area contributed by atoms with Gasteiger partial charge in [-0.25, -0.2) is 9.38 Å². The molecule has 5 N–H and O–H groups in total. The van der Waals surface area contributed by atoms with E-state index in [9.17, 15) is 4.39 Å². The first kappa shape index (κ1) is 21.1. The average molecular weight is 426 g/mol. The van der Waals surface area contributed by atoms with Crippen molar-refractivity contribution in [3.8, 4) is 0 Å². The van der Waals surface area contributed by atoms with Crippen molar-refractivity contribution in [1.29, 1.82) is 0 Å². The first-order valence-electron chi connectivity index (χ1n) is 10.3. The van der Waals surface area contributed by atoms with E-state index in [-0.39, 0.29) is 18.5 Å². The molecular formula is C22H27FN6O2. The number of aryl methyl sites for hydroxylation is 1. The molecule has 0 radical (unpaired) electrons. The van der Waals surface area contributed by atoms with Gasteiger partial charge in [0, 0.05) is 13.5 Å². The van der Waals surface area contributed by atoms with E-state index in [0.717, 1.165) is 33.7 Å². The summed E-state index contributed by atoms with van der Waals surface area (Å²) in [5, 5.41) is 14.0. The quantitative estimate of drug-likeness (QED) is 0.595. The van der Waals surface area contributed by atoms with Gasteiger partial charge in [0.2, 0.25) is 0 Å². The molecule has 2 atom stereocenters. The van der Waals surface area contributed by atoms with Crippen molar-refractivity contribution < 1.29 is 13.7 Å². The van der Waals surface area contributed by atoms with Crippen LogP contribution in [0.15, 0.2) is 45.7 Å². The maximum atomic E-state index is 14.1.